The molecular formula is C14H19N3O2S. The van der Waals surface area contributed by atoms with Gasteiger partial charge in [-0.2, -0.15) is 0 Å². The molecule has 0 radical (unpaired) electrons. The first-order valence-electron chi connectivity index (χ1n) is 6.48. The quantitative estimate of drug-likeness (QED) is 0.887. The topological polar surface area (TPSA) is 56.3 Å². The van der Waals surface area contributed by atoms with E-state index in [0.717, 1.165) is 22.1 Å². The fourth-order valence-corrected chi connectivity index (χ4v) is 2.76. The van der Waals surface area contributed by atoms with Gasteiger partial charge in [0.25, 0.3) is 0 Å². The Kier molecular flexibility index (Phi) is 4.92. The van der Waals surface area contributed by atoms with Crippen LogP contribution in [-0.4, -0.2) is 31.0 Å². The molecule has 0 aliphatic heterocycles. The lowest BCUT2D eigenvalue weighted by molar-refractivity contribution is 0.355. The molecule has 1 atom stereocenters. The highest BCUT2D eigenvalue weighted by molar-refractivity contribution is 7.14. The summed E-state index contributed by atoms with van der Waals surface area (Å²) < 4.78 is 10.5. The molecule has 0 aliphatic rings. The SMILES string of the molecule is CCNC(C)c1nnc(-c2ccc(OC)c(OC)c2)s1. The Morgan fingerprint density at radius 1 is 1.20 bits per heavy atom. The predicted molar refractivity (Wildman–Crippen MR) is 80.5 cm³/mol. The Balaban J connectivity index is 2.28. The van der Waals surface area contributed by atoms with E-state index >= 15 is 0 Å². The smallest absolute Gasteiger partial charge is 0.161 e. The second-order valence-electron chi connectivity index (χ2n) is 4.29. The van der Waals surface area contributed by atoms with Gasteiger partial charge in [-0.1, -0.05) is 18.3 Å². The van der Waals surface area contributed by atoms with E-state index in [1.165, 1.54) is 0 Å². The predicted octanol–water partition coefficient (Wildman–Crippen LogP) is 2.89. The number of nitrogens with zero attached hydrogens (tertiary/aromatic N) is 2. The van der Waals surface area contributed by atoms with Crippen LogP contribution in [0.2, 0.25) is 0 Å². The van der Waals surface area contributed by atoms with Crippen LogP contribution in [0.15, 0.2) is 18.2 Å². The van der Waals surface area contributed by atoms with Crippen LogP contribution in [0.25, 0.3) is 10.6 Å². The van der Waals surface area contributed by atoms with Gasteiger partial charge in [0.15, 0.2) is 11.5 Å². The van der Waals surface area contributed by atoms with Crippen molar-refractivity contribution < 1.29 is 9.47 Å². The van der Waals surface area contributed by atoms with E-state index < -0.39 is 0 Å². The fraction of sp³-hybridized carbons (Fsp3) is 0.429. The van der Waals surface area contributed by atoms with Crippen LogP contribution in [0.1, 0.15) is 24.9 Å². The molecule has 0 bridgehead atoms. The van der Waals surface area contributed by atoms with Crippen LogP contribution in [0, 0.1) is 0 Å². The number of nitrogens with one attached hydrogen (secondary N) is 1. The maximum absolute atomic E-state index is 5.31. The first-order chi connectivity index (χ1) is 9.69. The lowest BCUT2D eigenvalue weighted by Crippen LogP contribution is -2.17. The van der Waals surface area contributed by atoms with Crippen molar-refractivity contribution in [2.75, 3.05) is 20.8 Å². The van der Waals surface area contributed by atoms with Crippen molar-refractivity contribution in [3.63, 3.8) is 0 Å². The highest BCUT2D eigenvalue weighted by atomic mass is 32.1. The van der Waals surface area contributed by atoms with Gasteiger partial charge < -0.3 is 14.8 Å². The molecule has 0 aliphatic carbocycles. The van der Waals surface area contributed by atoms with Crippen molar-refractivity contribution in [3.8, 4) is 22.1 Å². The van der Waals surface area contributed by atoms with Gasteiger partial charge >= 0.3 is 0 Å². The second kappa shape index (κ2) is 6.67. The molecule has 1 aromatic carbocycles. The van der Waals surface area contributed by atoms with Gasteiger partial charge in [0.2, 0.25) is 0 Å². The molecule has 108 valence electrons. The third-order valence-electron chi connectivity index (χ3n) is 2.95. The first kappa shape index (κ1) is 14.7. The summed E-state index contributed by atoms with van der Waals surface area (Å²) in [5.41, 5.74) is 0.982. The lowest BCUT2D eigenvalue weighted by Gasteiger charge is -2.08. The molecule has 0 amide bonds. The average Bonchev–Trinajstić information content (AvgIpc) is 2.96. The fourth-order valence-electron chi connectivity index (χ4n) is 1.89. The molecule has 0 fully saturated rings. The number of hydrogen-bond acceptors (Lipinski definition) is 6. The Hall–Kier alpha value is -1.66. The largest absolute Gasteiger partial charge is 0.493 e. The summed E-state index contributed by atoms with van der Waals surface area (Å²) >= 11 is 1.59. The van der Waals surface area contributed by atoms with Gasteiger partial charge in [-0.15, -0.1) is 10.2 Å². The van der Waals surface area contributed by atoms with E-state index in [4.69, 9.17) is 9.47 Å². The number of aromatic nitrogens is 2. The van der Waals surface area contributed by atoms with Crippen molar-refractivity contribution in [2.45, 2.75) is 19.9 Å². The summed E-state index contributed by atoms with van der Waals surface area (Å²) in [6.45, 7) is 5.07. The van der Waals surface area contributed by atoms with Crippen molar-refractivity contribution in [3.05, 3.63) is 23.2 Å². The molecule has 0 saturated heterocycles. The standard InChI is InChI=1S/C14H19N3O2S/c1-5-15-9(2)13-16-17-14(20-13)10-6-7-11(18-3)12(8-10)19-4/h6-9,15H,5H2,1-4H3. The van der Waals surface area contributed by atoms with Gasteiger partial charge in [-0.25, -0.2) is 0 Å². The molecule has 2 rings (SSSR count). The van der Waals surface area contributed by atoms with Crippen molar-refractivity contribution in [2.24, 2.45) is 0 Å². The lowest BCUT2D eigenvalue weighted by atomic mass is 10.2. The van der Waals surface area contributed by atoms with E-state index in [1.54, 1.807) is 25.6 Å². The maximum atomic E-state index is 5.31. The maximum Gasteiger partial charge on any atom is 0.161 e. The van der Waals surface area contributed by atoms with Crippen LogP contribution in [-0.2, 0) is 0 Å². The third kappa shape index (κ3) is 3.08. The van der Waals surface area contributed by atoms with Crippen molar-refractivity contribution >= 4 is 11.3 Å². The van der Waals surface area contributed by atoms with E-state index in [9.17, 15) is 0 Å². The minimum absolute atomic E-state index is 0.214. The summed E-state index contributed by atoms with van der Waals surface area (Å²) in [6.07, 6.45) is 0. The molecule has 1 N–H and O–H groups in total. The Bertz CT molecular complexity index is 571. The number of hydrogen-bond donors (Lipinski definition) is 1. The third-order valence-corrected chi connectivity index (χ3v) is 4.11. The molecule has 0 saturated carbocycles. The van der Waals surface area contributed by atoms with E-state index in [2.05, 4.69) is 29.4 Å². The molecular weight excluding hydrogens is 274 g/mol. The highest BCUT2D eigenvalue weighted by Gasteiger charge is 2.13. The van der Waals surface area contributed by atoms with Crippen LogP contribution in [0.4, 0.5) is 0 Å². The zero-order valence-electron chi connectivity index (χ0n) is 12.1. The Labute approximate surface area is 123 Å². The van der Waals surface area contributed by atoms with E-state index in [-0.39, 0.29) is 6.04 Å². The van der Waals surface area contributed by atoms with Gasteiger partial charge in [-0.3, -0.25) is 0 Å². The molecule has 1 aromatic heterocycles. The van der Waals surface area contributed by atoms with Gasteiger partial charge in [0.05, 0.1) is 20.3 Å². The molecule has 5 nitrogen and oxygen atoms in total. The number of ether oxygens (including phenoxy) is 2. The van der Waals surface area contributed by atoms with E-state index in [0.29, 0.717) is 11.5 Å². The van der Waals surface area contributed by atoms with Gasteiger partial charge in [-0.05, 0) is 31.7 Å². The van der Waals surface area contributed by atoms with Crippen molar-refractivity contribution in [1.29, 1.82) is 0 Å². The second-order valence-corrected chi connectivity index (χ2v) is 5.30. The van der Waals surface area contributed by atoms with Gasteiger partial charge in [0, 0.05) is 5.56 Å². The number of benzene rings is 1. The summed E-state index contributed by atoms with van der Waals surface area (Å²) in [4.78, 5) is 0. The zero-order chi connectivity index (χ0) is 14.5. The molecule has 1 heterocycles. The minimum atomic E-state index is 0.214. The molecule has 2 aromatic rings. The highest BCUT2D eigenvalue weighted by Crippen LogP contribution is 2.34. The zero-order valence-corrected chi connectivity index (χ0v) is 13.0. The molecule has 6 heteroatoms. The summed E-state index contributed by atoms with van der Waals surface area (Å²) in [6, 6.07) is 5.97. The average molecular weight is 293 g/mol. The molecule has 0 spiro atoms. The van der Waals surface area contributed by atoms with Crippen LogP contribution in [0.5, 0.6) is 11.5 Å². The summed E-state index contributed by atoms with van der Waals surface area (Å²) in [7, 11) is 3.25. The molecule has 20 heavy (non-hydrogen) atoms. The number of methoxy groups -OCH3 is 2. The summed E-state index contributed by atoms with van der Waals surface area (Å²) in [5.74, 6) is 1.41. The van der Waals surface area contributed by atoms with Crippen molar-refractivity contribution in [1.82, 2.24) is 15.5 Å². The number of rotatable bonds is 6. The van der Waals surface area contributed by atoms with Crippen LogP contribution < -0.4 is 14.8 Å². The Morgan fingerprint density at radius 2 is 1.95 bits per heavy atom. The van der Waals surface area contributed by atoms with Crippen LogP contribution in [0.3, 0.4) is 0 Å². The first-order valence-corrected chi connectivity index (χ1v) is 7.30. The van der Waals surface area contributed by atoms with E-state index in [1.807, 2.05) is 18.2 Å². The Morgan fingerprint density at radius 3 is 2.60 bits per heavy atom. The minimum Gasteiger partial charge on any atom is -0.493 e. The van der Waals surface area contributed by atoms with Gasteiger partial charge in [0.1, 0.15) is 10.0 Å². The monoisotopic (exact) mass is 293 g/mol. The van der Waals surface area contributed by atoms with Crippen LogP contribution >= 0.6 is 11.3 Å². The summed E-state index contributed by atoms with van der Waals surface area (Å²) in [5, 5.41) is 13.7. The normalized spacial score (nSPS) is 12.2. The molecule has 1 unspecified atom stereocenters.